The standard InChI is InChI=1S/C12H16F3N3O2/c13-12(14,15)20-9-4-1-3-8(7-9)18-11(19)10(17)5-2-6-16/h1,3-4,7,10H,2,5-6,16-17H2,(H,18,19). The summed E-state index contributed by atoms with van der Waals surface area (Å²) in [6.45, 7) is 0.413. The van der Waals surface area contributed by atoms with Gasteiger partial charge in [0.2, 0.25) is 5.91 Å². The van der Waals surface area contributed by atoms with E-state index in [0.29, 0.717) is 19.4 Å². The molecular weight excluding hydrogens is 275 g/mol. The van der Waals surface area contributed by atoms with E-state index in [1.165, 1.54) is 12.1 Å². The van der Waals surface area contributed by atoms with Crippen LogP contribution >= 0.6 is 0 Å². The van der Waals surface area contributed by atoms with Crippen molar-refractivity contribution in [1.82, 2.24) is 0 Å². The third kappa shape index (κ3) is 5.89. The Bertz CT molecular complexity index is 452. The minimum absolute atomic E-state index is 0.181. The Labute approximate surface area is 114 Å². The van der Waals surface area contributed by atoms with Crippen LogP contribution in [0.25, 0.3) is 0 Å². The van der Waals surface area contributed by atoms with Gasteiger partial charge in [-0.1, -0.05) is 6.07 Å². The number of benzene rings is 1. The number of hydrogen-bond acceptors (Lipinski definition) is 4. The highest BCUT2D eigenvalue weighted by atomic mass is 19.4. The quantitative estimate of drug-likeness (QED) is 0.742. The van der Waals surface area contributed by atoms with Gasteiger partial charge in [0.25, 0.3) is 0 Å². The molecule has 1 amide bonds. The number of anilines is 1. The average molecular weight is 291 g/mol. The number of nitrogens with one attached hydrogen (secondary N) is 1. The van der Waals surface area contributed by atoms with Crippen molar-refractivity contribution in [2.75, 3.05) is 11.9 Å². The molecule has 0 heterocycles. The maximum atomic E-state index is 12.1. The summed E-state index contributed by atoms with van der Waals surface area (Å²) in [5.74, 6) is -0.895. The molecule has 1 aromatic rings. The minimum atomic E-state index is -4.78. The van der Waals surface area contributed by atoms with E-state index in [4.69, 9.17) is 11.5 Å². The van der Waals surface area contributed by atoms with E-state index in [-0.39, 0.29) is 5.69 Å². The Morgan fingerprint density at radius 2 is 2.10 bits per heavy atom. The Balaban J connectivity index is 2.64. The fourth-order valence-corrected chi connectivity index (χ4v) is 1.47. The number of rotatable bonds is 6. The van der Waals surface area contributed by atoms with Gasteiger partial charge in [-0.15, -0.1) is 13.2 Å². The lowest BCUT2D eigenvalue weighted by Gasteiger charge is -2.13. The third-order valence-corrected chi connectivity index (χ3v) is 2.39. The van der Waals surface area contributed by atoms with Gasteiger partial charge in [-0.25, -0.2) is 0 Å². The normalized spacial score (nSPS) is 12.8. The summed E-state index contributed by atoms with van der Waals surface area (Å²) in [6.07, 6.45) is -3.78. The zero-order chi connectivity index (χ0) is 15.2. The molecule has 1 aromatic carbocycles. The molecule has 0 aliphatic carbocycles. The van der Waals surface area contributed by atoms with Crippen molar-refractivity contribution in [1.29, 1.82) is 0 Å². The molecule has 0 aliphatic heterocycles. The Morgan fingerprint density at radius 3 is 2.70 bits per heavy atom. The average Bonchev–Trinajstić information content (AvgIpc) is 2.34. The fraction of sp³-hybridized carbons (Fsp3) is 0.417. The molecule has 0 bridgehead atoms. The minimum Gasteiger partial charge on any atom is -0.406 e. The van der Waals surface area contributed by atoms with Crippen LogP contribution in [-0.4, -0.2) is 24.9 Å². The summed E-state index contributed by atoms with van der Waals surface area (Å²) in [5.41, 5.74) is 11.1. The molecule has 112 valence electrons. The first-order chi connectivity index (χ1) is 9.31. The predicted molar refractivity (Wildman–Crippen MR) is 68.0 cm³/mol. The van der Waals surface area contributed by atoms with Crippen molar-refractivity contribution in [2.45, 2.75) is 25.2 Å². The number of halogens is 3. The summed E-state index contributed by atoms with van der Waals surface area (Å²) < 4.78 is 39.9. The maximum absolute atomic E-state index is 12.1. The van der Waals surface area contributed by atoms with Crippen molar-refractivity contribution in [3.63, 3.8) is 0 Å². The summed E-state index contributed by atoms with van der Waals surface area (Å²) in [4.78, 5) is 11.7. The van der Waals surface area contributed by atoms with Gasteiger partial charge in [0, 0.05) is 11.8 Å². The van der Waals surface area contributed by atoms with Crippen molar-refractivity contribution < 1.29 is 22.7 Å². The number of alkyl halides is 3. The molecule has 0 saturated carbocycles. The second-order valence-electron chi connectivity index (χ2n) is 4.10. The largest absolute Gasteiger partial charge is 0.573 e. The van der Waals surface area contributed by atoms with Gasteiger partial charge in [0.15, 0.2) is 0 Å². The molecule has 5 N–H and O–H groups in total. The lowest BCUT2D eigenvalue weighted by molar-refractivity contribution is -0.274. The van der Waals surface area contributed by atoms with E-state index in [9.17, 15) is 18.0 Å². The number of hydrogen-bond donors (Lipinski definition) is 3. The highest BCUT2D eigenvalue weighted by Gasteiger charge is 2.31. The maximum Gasteiger partial charge on any atom is 0.573 e. The van der Waals surface area contributed by atoms with Gasteiger partial charge in [-0.3, -0.25) is 4.79 Å². The summed E-state index contributed by atoms with van der Waals surface area (Å²) >= 11 is 0. The van der Waals surface area contributed by atoms with E-state index >= 15 is 0 Å². The molecule has 5 nitrogen and oxygen atoms in total. The van der Waals surface area contributed by atoms with Crippen LogP contribution in [0.3, 0.4) is 0 Å². The highest BCUT2D eigenvalue weighted by Crippen LogP contribution is 2.25. The SMILES string of the molecule is NCCCC(N)C(=O)Nc1cccc(OC(F)(F)F)c1. The number of carbonyl (C=O) groups excluding carboxylic acids is 1. The number of amides is 1. The topological polar surface area (TPSA) is 90.4 Å². The number of nitrogens with two attached hydrogens (primary N) is 2. The van der Waals surface area contributed by atoms with Gasteiger partial charge >= 0.3 is 6.36 Å². The van der Waals surface area contributed by atoms with Crippen LogP contribution in [0.5, 0.6) is 5.75 Å². The summed E-state index contributed by atoms with van der Waals surface area (Å²) in [6, 6.07) is 4.22. The predicted octanol–water partition coefficient (Wildman–Crippen LogP) is 1.59. The van der Waals surface area contributed by atoms with Crippen LogP contribution in [0.15, 0.2) is 24.3 Å². The van der Waals surface area contributed by atoms with E-state index in [0.717, 1.165) is 12.1 Å². The first kappa shape index (κ1) is 16.3. The van der Waals surface area contributed by atoms with E-state index < -0.39 is 24.1 Å². The van der Waals surface area contributed by atoms with Gasteiger partial charge in [-0.05, 0) is 31.5 Å². The molecule has 20 heavy (non-hydrogen) atoms. The van der Waals surface area contributed by atoms with Crippen LogP contribution in [-0.2, 0) is 4.79 Å². The Hall–Kier alpha value is -1.80. The second-order valence-corrected chi connectivity index (χ2v) is 4.10. The van der Waals surface area contributed by atoms with Crippen LogP contribution in [0.1, 0.15) is 12.8 Å². The Kier molecular flexibility index (Phi) is 5.78. The number of carbonyl (C=O) groups is 1. The molecule has 1 unspecified atom stereocenters. The number of ether oxygens (including phenoxy) is 1. The molecule has 0 spiro atoms. The van der Waals surface area contributed by atoms with Gasteiger partial charge < -0.3 is 21.5 Å². The highest BCUT2D eigenvalue weighted by molar-refractivity contribution is 5.94. The molecule has 0 aromatic heterocycles. The third-order valence-electron chi connectivity index (χ3n) is 2.39. The monoisotopic (exact) mass is 291 g/mol. The lowest BCUT2D eigenvalue weighted by atomic mass is 10.1. The Morgan fingerprint density at radius 1 is 1.40 bits per heavy atom. The molecule has 1 atom stereocenters. The molecule has 1 rings (SSSR count). The zero-order valence-corrected chi connectivity index (χ0v) is 10.6. The van der Waals surface area contributed by atoms with E-state index in [2.05, 4.69) is 10.1 Å². The summed E-state index contributed by atoms with van der Waals surface area (Å²) in [7, 11) is 0. The summed E-state index contributed by atoms with van der Waals surface area (Å²) in [5, 5.41) is 2.42. The first-order valence-electron chi connectivity index (χ1n) is 5.94. The van der Waals surface area contributed by atoms with Crippen LogP contribution in [0, 0.1) is 0 Å². The second kappa shape index (κ2) is 7.11. The van der Waals surface area contributed by atoms with Crippen LogP contribution in [0.4, 0.5) is 18.9 Å². The molecule has 0 aliphatic rings. The van der Waals surface area contributed by atoms with Crippen molar-refractivity contribution in [3.05, 3.63) is 24.3 Å². The molecular formula is C12H16F3N3O2. The van der Waals surface area contributed by atoms with Crippen LogP contribution in [0.2, 0.25) is 0 Å². The fourth-order valence-electron chi connectivity index (χ4n) is 1.47. The van der Waals surface area contributed by atoms with E-state index in [1.54, 1.807) is 0 Å². The molecule has 0 fully saturated rings. The van der Waals surface area contributed by atoms with Crippen LogP contribution < -0.4 is 21.5 Å². The lowest BCUT2D eigenvalue weighted by Crippen LogP contribution is -2.36. The zero-order valence-electron chi connectivity index (χ0n) is 10.6. The van der Waals surface area contributed by atoms with Crippen molar-refractivity contribution in [2.24, 2.45) is 11.5 Å². The van der Waals surface area contributed by atoms with Gasteiger partial charge in [0.05, 0.1) is 6.04 Å². The van der Waals surface area contributed by atoms with Crippen molar-refractivity contribution >= 4 is 11.6 Å². The smallest absolute Gasteiger partial charge is 0.406 e. The first-order valence-corrected chi connectivity index (χ1v) is 5.94. The molecule has 8 heteroatoms. The molecule has 0 saturated heterocycles. The van der Waals surface area contributed by atoms with Gasteiger partial charge in [-0.2, -0.15) is 0 Å². The van der Waals surface area contributed by atoms with Gasteiger partial charge in [0.1, 0.15) is 5.75 Å². The van der Waals surface area contributed by atoms with Crippen molar-refractivity contribution in [3.8, 4) is 5.75 Å². The van der Waals surface area contributed by atoms with E-state index in [1.807, 2.05) is 0 Å². The molecule has 0 radical (unpaired) electrons.